The number of hydrogen-bond acceptors (Lipinski definition) is 4. The molecule has 170 valence electrons. The summed E-state index contributed by atoms with van der Waals surface area (Å²) in [5.41, 5.74) is 1.17. The lowest BCUT2D eigenvalue weighted by atomic mass is 9.78. The van der Waals surface area contributed by atoms with Crippen molar-refractivity contribution in [1.82, 2.24) is 4.98 Å². The van der Waals surface area contributed by atoms with Crippen molar-refractivity contribution < 1.29 is 22.7 Å². The van der Waals surface area contributed by atoms with Gasteiger partial charge in [-0.05, 0) is 42.0 Å². The number of carbonyl (C=O) groups is 1. The second-order valence-corrected chi connectivity index (χ2v) is 9.11. The first kappa shape index (κ1) is 22.2. The van der Waals surface area contributed by atoms with Gasteiger partial charge in [0.1, 0.15) is 17.5 Å². The van der Waals surface area contributed by atoms with Crippen molar-refractivity contribution in [1.29, 1.82) is 0 Å². The van der Waals surface area contributed by atoms with E-state index in [1.54, 1.807) is 48.5 Å². The van der Waals surface area contributed by atoms with Gasteiger partial charge < -0.3 is 4.74 Å². The minimum atomic E-state index is -1.68. The van der Waals surface area contributed by atoms with Gasteiger partial charge in [-0.25, -0.2) is 13.2 Å². The highest BCUT2D eigenvalue weighted by Gasteiger charge is 2.58. The molecule has 34 heavy (non-hydrogen) atoms. The first-order chi connectivity index (χ1) is 16.5. The molecule has 0 spiro atoms. The Morgan fingerprint density at radius 3 is 2.18 bits per heavy atom. The molecule has 0 saturated carbocycles. The predicted molar refractivity (Wildman–Crippen MR) is 124 cm³/mol. The van der Waals surface area contributed by atoms with Crippen LogP contribution in [-0.4, -0.2) is 18.1 Å². The van der Waals surface area contributed by atoms with Crippen LogP contribution in [0, 0.1) is 17.5 Å². The van der Waals surface area contributed by atoms with E-state index in [2.05, 4.69) is 0 Å². The minimum Gasteiger partial charge on any atom is -0.468 e. The smallest absolute Gasteiger partial charge is 0.328 e. The summed E-state index contributed by atoms with van der Waals surface area (Å²) in [6.07, 6.45) is 0. The molecule has 0 N–H and O–H groups in total. The number of esters is 1. The van der Waals surface area contributed by atoms with Gasteiger partial charge in [0.25, 0.3) is 0 Å². The quantitative estimate of drug-likeness (QED) is 0.316. The summed E-state index contributed by atoms with van der Waals surface area (Å²) in [5, 5.41) is 0. The number of rotatable bonds is 4. The molecule has 0 fully saturated rings. The molecule has 0 radical (unpaired) electrons. The number of benzene rings is 3. The maximum Gasteiger partial charge on any atom is 0.328 e. The van der Waals surface area contributed by atoms with E-state index < -0.39 is 34.1 Å². The number of aromatic nitrogens is 1. The molecule has 3 aromatic carbocycles. The average Bonchev–Trinajstić information content (AvgIpc) is 3.19. The van der Waals surface area contributed by atoms with Gasteiger partial charge in [-0.1, -0.05) is 60.3 Å². The summed E-state index contributed by atoms with van der Waals surface area (Å²) in [5.74, 6) is -3.41. The van der Waals surface area contributed by atoms with Gasteiger partial charge in [0.2, 0.25) is 0 Å². The fraction of sp³-hybridized carbons (Fsp3) is 0.111. The normalized spacial score (nSPS) is 19.0. The summed E-state index contributed by atoms with van der Waals surface area (Å²) in [7, 11) is 1.21. The predicted octanol–water partition coefficient (Wildman–Crippen LogP) is 6.47. The summed E-state index contributed by atoms with van der Waals surface area (Å²) < 4.78 is 48.4. The van der Waals surface area contributed by atoms with Gasteiger partial charge in [0.05, 0.1) is 24.4 Å². The first-order valence-electron chi connectivity index (χ1n) is 10.5. The highest BCUT2D eigenvalue weighted by Crippen LogP contribution is 2.62. The first-order valence-corrected chi connectivity index (χ1v) is 11.3. The van der Waals surface area contributed by atoms with Crippen molar-refractivity contribution in [2.75, 3.05) is 7.11 Å². The third kappa shape index (κ3) is 3.39. The Hall–Kier alpha value is -3.58. The largest absolute Gasteiger partial charge is 0.468 e. The molecule has 5 rings (SSSR count). The van der Waals surface area contributed by atoms with E-state index in [1.165, 1.54) is 43.5 Å². The number of nitrogens with zero attached hydrogens (tertiary/aromatic N) is 1. The molecular formula is C27H18F3NO2S. The Kier molecular flexibility index (Phi) is 5.65. The van der Waals surface area contributed by atoms with Crippen molar-refractivity contribution in [3.63, 3.8) is 0 Å². The zero-order valence-corrected chi connectivity index (χ0v) is 18.8. The molecule has 0 amide bonds. The Morgan fingerprint density at radius 1 is 0.853 bits per heavy atom. The summed E-state index contributed by atoms with van der Waals surface area (Å²) in [6, 6.07) is 21.4. The fourth-order valence-electron chi connectivity index (χ4n) is 4.47. The van der Waals surface area contributed by atoms with Gasteiger partial charge in [0.15, 0.2) is 4.75 Å². The number of ether oxygens (including phenoxy) is 1. The maximum atomic E-state index is 15.2. The molecule has 1 aliphatic heterocycles. The summed E-state index contributed by atoms with van der Waals surface area (Å²) in [4.78, 5) is 18.7. The van der Waals surface area contributed by atoms with Crippen LogP contribution in [0.3, 0.4) is 0 Å². The van der Waals surface area contributed by atoms with Crippen LogP contribution >= 0.6 is 11.8 Å². The molecule has 1 aromatic heterocycles. The molecule has 0 saturated heterocycles. The number of thioether (sulfide) groups is 1. The molecule has 2 unspecified atom stereocenters. The summed E-state index contributed by atoms with van der Waals surface area (Å²) >= 11 is 1.07. The number of pyridine rings is 1. The average molecular weight is 478 g/mol. The Bertz CT molecular complexity index is 1410. The zero-order valence-electron chi connectivity index (χ0n) is 18.0. The molecular weight excluding hydrogens is 459 g/mol. The monoisotopic (exact) mass is 477 g/mol. The lowest BCUT2D eigenvalue weighted by Crippen LogP contribution is -2.39. The molecule has 7 heteroatoms. The van der Waals surface area contributed by atoms with Crippen LogP contribution in [0.15, 0.2) is 89.8 Å². The second-order valence-electron chi connectivity index (χ2n) is 7.82. The van der Waals surface area contributed by atoms with Gasteiger partial charge in [-0.2, -0.15) is 0 Å². The Labute approximate surface area is 198 Å². The molecule has 0 bridgehead atoms. The molecule has 2 atom stereocenters. The van der Waals surface area contributed by atoms with Crippen molar-refractivity contribution in [3.8, 4) is 11.3 Å². The van der Waals surface area contributed by atoms with Crippen LogP contribution in [0.1, 0.15) is 22.7 Å². The second kappa shape index (κ2) is 8.65. The van der Waals surface area contributed by atoms with Crippen LogP contribution in [0.25, 0.3) is 11.3 Å². The van der Waals surface area contributed by atoms with Crippen LogP contribution < -0.4 is 0 Å². The molecule has 3 nitrogen and oxygen atoms in total. The van der Waals surface area contributed by atoms with Crippen LogP contribution in [0.5, 0.6) is 0 Å². The summed E-state index contributed by atoms with van der Waals surface area (Å²) in [6.45, 7) is 0. The number of hydrogen-bond donors (Lipinski definition) is 0. The number of methoxy groups -OCH3 is 1. The van der Waals surface area contributed by atoms with Gasteiger partial charge in [-0.3, -0.25) is 9.78 Å². The van der Waals surface area contributed by atoms with Gasteiger partial charge in [-0.15, -0.1) is 0 Å². The van der Waals surface area contributed by atoms with E-state index in [1.807, 2.05) is 0 Å². The van der Waals surface area contributed by atoms with Crippen LogP contribution in [-0.2, 0) is 14.3 Å². The third-order valence-electron chi connectivity index (χ3n) is 5.97. The third-order valence-corrected chi connectivity index (χ3v) is 7.47. The highest BCUT2D eigenvalue weighted by atomic mass is 32.2. The van der Waals surface area contributed by atoms with E-state index in [0.717, 1.165) is 11.8 Å². The van der Waals surface area contributed by atoms with E-state index in [9.17, 15) is 9.18 Å². The molecule has 2 heterocycles. The van der Waals surface area contributed by atoms with Gasteiger partial charge >= 0.3 is 5.97 Å². The van der Waals surface area contributed by atoms with Crippen molar-refractivity contribution in [2.45, 2.75) is 15.6 Å². The number of carbonyl (C=O) groups excluding carboxylic acids is 1. The van der Waals surface area contributed by atoms with Crippen molar-refractivity contribution >= 4 is 17.7 Å². The van der Waals surface area contributed by atoms with Crippen molar-refractivity contribution in [2.24, 2.45) is 0 Å². The number of halogens is 3. The zero-order chi connectivity index (χ0) is 23.9. The maximum absolute atomic E-state index is 15.2. The van der Waals surface area contributed by atoms with E-state index in [4.69, 9.17) is 9.72 Å². The Morgan fingerprint density at radius 2 is 1.50 bits per heavy atom. The van der Waals surface area contributed by atoms with E-state index in [0.29, 0.717) is 16.3 Å². The van der Waals surface area contributed by atoms with E-state index in [-0.39, 0.29) is 16.7 Å². The molecule has 1 aliphatic rings. The van der Waals surface area contributed by atoms with Crippen LogP contribution in [0.4, 0.5) is 13.2 Å². The SMILES string of the molecule is COC(=O)C1(c2ccccc2F)Sc2ccc(-c3ccccc3F)nc2C1c1ccccc1F. The van der Waals surface area contributed by atoms with E-state index >= 15 is 8.78 Å². The lowest BCUT2D eigenvalue weighted by molar-refractivity contribution is -0.144. The topological polar surface area (TPSA) is 39.2 Å². The van der Waals surface area contributed by atoms with Crippen LogP contribution in [0.2, 0.25) is 0 Å². The highest BCUT2D eigenvalue weighted by molar-refractivity contribution is 8.01. The number of fused-ring (bicyclic) bond motifs is 1. The Balaban J connectivity index is 1.82. The molecule has 4 aromatic rings. The fourth-order valence-corrected chi connectivity index (χ4v) is 6.02. The van der Waals surface area contributed by atoms with Gasteiger partial charge in [0, 0.05) is 16.0 Å². The standard InChI is InChI=1S/C27H18F3NO2S/c1-33-26(32)27(18-10-4-7-13-21(18)30)24(17-9-3-6-12-20(17)29)25-23(34-27)15-14-22(31-25)16-8-2-5-11-19(16)28/h2-15,24H,1H3. The minimum absolute atomic E-state index is 0.0607. The lowest BCUT2D eigenvalue weighted by Gasteiger charge is -2.33. The van der Waals surface area contributed by atoms with Crippen molar-refractivity contribution in [3.05, 3.63) is 119 Å². The molecule has 0 aliphatic carbocycles.